The minimum Gasteiger partial charge on any atom is -0.445 e. The zero-order valence-corrected chi connectivity index (χ0v) is 14.7. The summed E-state index contributed by atoms with van der Waals surface area (Å²) in [4.78, 5) is 23.5. The molecule has 138 valence electrons. The minimum atomic E-state index is -0.461. The Morgan fingerprint density at radius 3 is 2.93 bits per heavy atom. The van der Waals surface area contributed by atoms with E-state index in [0.717, 1.165) is 16.5 Å². The fourth-order valence-corrected chi connectivity index (χ4v) is 2.59. The first-order valence-electron chi connectivity index (χ1n) is 8.65. The molecule has 0 fully saturated rings. The van der Waals surface area contributed by atoms with Crippen LogP contribution < -0.4 is 26.6 Å². The molecule has 7 heteroatoms. The molecule has 1 aliphatic rings. The van der Waals surface area contributed by atoms with E-state index in [-0.39, 0.29) is 12.2 Å². The summed E-state index contributed by atoms with van der Waals surface area (Å²) in [5.74, 6) is 5.79. The van der Waals surface area contributed by atoms with Gasteiger partial charge in [-0.1, -0.05) is 48.2 Å². The predicted molar refractivity (Wildman–Crippen MR) is 102 cm³/mol. The van der Waals surface area contributed by atoms with Crippen molar-refractivity contribution in [3.05, 3.63) is 62.4 Å². The number of carbonyl (C=O) groups excluding carboxylic acids is 1. The van der Waals surface area contributed by atoms with Gasteiger partial charge in [-0.3, -0.25) is 4.79 Å². The summed E-state index contributed by atoms with van der Waals surface area (Å²) in [5, 5.41) is 13.8. The highest BCUT2D eigenvalue weighted by Crippen LogP contribution is 2.00. The third-order valence-corrected chi connectivity index (χ3v) is 3.94. The number of fused-ring (bicyclic) bond motifs is 1. The maximum Gasteiger partial charge on any atom is 0.407 e. The van der Waals surface area contributed by atoms with E-state index in [0.29, 0.717) is 31.3 Å². The van der Waals surface area contributed by atoms with E-state index in [4.69, 9.17) is 4.74 Å². The molecule has 1 aromatic heterocycles. The predicted octanol–water partition coefficient (Wildman–Crippen LogP) is -0.246. The average Bonchev–Trinajstić information content (AvgIpc) is 2.95. The molecule has 7 nitrogen and oxygen atoms in total. The summed E-state index contributed by atoms with van der Waals surface area (Å²) < 4.78 is 5.14. The first kappa shape index (κ1) is 18.4. The highest BCUT2D eigenvalue weighted by atomic mass is 16.5. The van der Waals surface area contributed by atoms with Crippen LogP contribution in [0.15, 0.2) is 35.1 Å². The molecule has 0 atom stereocenters. The van der Waals surface area contributed by atoms with E-state index in [9.17, 15) is 9.59 Å². The molecule has 0 aliphatic heterocycles. The monoisotopic (exact) mass is 364 g/mol. The van der Waals surface area contributed by atoms with Gasteiger partial charge in [-0.15, -0.1) is 0 Å². The molecule has 3 rings (SSSR count). The van der Waals surface area contributed by atoms with Crippen LogP contribution in [0.3, 0.4) is 0 Å². The van der Waals surface area contributed by atoms with Crippen LogP contribution in [0.4, 0.5) is 4.79 Å². The van der Waals surface area contributed by atoms with Crippen LogP contribution in [0.1, 0.15) is 17.7 Å². The maximum atomic E-state index is 11.9. The molecule has 0 unspecified atom stereocenters. The molecule has 0 saturated carbocycles. The molecule has 0 spiro atoms. The molecular weight excluding hydrogens is 344 g/mol. The molecule has 0 radical (unpaired) electrons. The van der Waals surface area contributed by atoms with E-state index < -0.39 is 6.09 Å². The Morgan fingerprint density at radius 2 is 2.07 bits per heavy atom. The van der Waals surface area contributed by atoms with Gasteiger partial charge in [0.2, 0.25) is 0 Å². The number of rotatable bonds is 7. The van der Waals surface area contributed by atoms with Gasteiger partial charge in [-0.2, -0.15) is 5.10 Å². The van der Waals surface area contributed by atoms with E-state index in [2.05, 4.69) is 32.7 Å². The number of nitrogens with one attached hydrogen (secondary N) is 3. The lowest BCUT2D eigenvalue weighted by molar-refractivity contribution is 0.139. The zero-order valence-electron chi connectivity index (χ0n) is 14.7. The average molecular weight is 364 g/mol. The van der Waals surface area contributed by atoms with Crippen LogP contribution in [0, 0.1) is 11.8 Å². The second kappa shape index (κ2) is 9.36. The van der Waals surface area contributed by atoms with Gasteiger partial charge in [0.25, 0.3) is 5.56 Å². The van der Waals surface area contributed by atoms with Gasteiger partial charge in [0.15, 0.2) is 0 Å². The highest BCUT2D eigenvalue weighted by molar-refractivity contribution is 5.67. The normalized spacial score (nSPS) is 11.7. The van der Waals surface area contributed by atoms with Gasteiger partial charge in [0, 0.05) is 37.3 Å². The Morgan fingerprint density at radius 1 is 1.22 bits per heavy atom. The quantitative estimate of drug-likeness (QED) is 0.465. The van der Waals surface area contributed by atoms with Crippen LogP contribution in [0.25, 0.3) is 12.2 Å². The Kier molecular flexibility index (Phi) is 6.39. The van der Waals surface area contributed by atoms with Crippen molar-refractivity contribution in [3.8, 4) is 11.8 Å². The first-order chi connectivity index (χ1) is 13.2. The van der Waals surface area contributed by atoms with Crippen molar-refractivity contribution in [1.29, 1.82) is 0 Å². The number of ether oxygens (including phenoxy) is 1. The zero-order chi connectivity index (χ0) is 18.9. The molecule has 27 heavy (non-hydrogen) atoms. The van der Waals surface area contributed by atoms with Crippen LogP contribution in [0.2, 0.25) is 0 Å². The third kappa shape index (κ3) is 5.30. The molecule has 1 aromatic carbocycles. The molecule has 3 N–H and O–H groups in total. The molecule has 0 bridgehead atoms. The molecule has 1 aliphatic carbocycles. The first-order valence-corrected chi connectivity index (χ1v) is 8.65. The second-order valence-corrected chi connectivity index (χ2v) is 5.87. The number of aromatic amines is 1. The van der Waals surface area contributed by atoms with Gasteiger partial charge in [0.05, 0.1) is 10.9 Å². The Hall–Kier alpha value is -3.37. The van der Waals surface area contributed by atoms with Crippen LogP contribution >= 0.6 is 0 Å². The van der Waals surface area contributed by atoms with Crippen molar-refractivity contribution < 1.29 is 9.53 Å². The standard InChI is InChI=1S/C20H20N4O3/c25-19-17-10-6-2-5-9-16(17)18(23-24-19)13-21-11-12-22-20(26)27-14-15-7-3-1-4-8-15/h1,3-4,7-10,21H,5,11-14H2,(H,22,26)(H,24,25). The number of aromatic nitrogens is 2. The van der Waals surface area contributed by atoms with E-state index in [1.54, 1.807) is 6.08 Å². The van der Waals surface area contributed by atoms with E-state index in [1.807, 2.05) is 36.4 Å². The van der Waals surface area contributed by atoms with E-state index in [1.165, 1.54) is 0 Å². The third-order valence-electron chi connectivity index (χ3n) is 3.94. The number of carbonyl (C=O) groups is 1. The number of alkyl carbamates (subject to hydrolysis) is 1. The summed E-state index contributed by atoms with van der Waals surface area (Å²) in [6, 6.07) is 9.50. The molecular formula is C20H20N4O3. The lowest BCUT2D eigenvalue weighted by Gasteiger charge is -2.08. The number of hydrogen-bond donors (Lipinski definition) is 3. The number of hydrogen-bond acceptors (Lipinski definition) is 5. The number of benzene rings is 1. The van der Waals surface area contributed by atoms with Crippen molar-refractivity contribution in [2.24, 2.45) is 0 Å². The number of amides is 1. The topological polar surface area (TPSA) is 96.1 Å². The summed E-state index contributed by atoms with van der Waals surface area (Å²) in [6.07, 6.45) is 3.64. The second-order valence-electron chi connectivity index (χ2n) is 5.87. The van der Waals surface area contributed by atoms with Gasteiger partial charge < -0.3 is 15.4 Å². The van der Waals surface area contributed by atoms with Gasteiger partial charge in [-0.25, -0.2) is 9.89 Å². The lowest BCUT2D eigenvalue weighted by atomic mass is 10.2. The van der Waals surface area contributed by atoms with Crippen molar-refractivity contribution in [3.63, 3.8) is 0 Å². The summed E-state index contributed by atoms with van der Waals surface area (Å²) >= 11 is 0. The number of nitrogens with zero attached hydrogens (tertiary/aromatic N) is 1. The summed E-state index contributed by atoms with van der Waals surface area (Å²) in [5.41, 5.74) is 1.43. The van der Waals surface area contributed by atoms with E-state index >= 15 is 0 Å². The summed E-state index contributed by atoms with van der Waals surface area (Å²) in [7, 11) is 0. The molecule has 1 heterocycles. The van der Waals surface area contributed by atoms with Crippen molar-refractivity contribution in [2.45, 2.75) is 19.6 Å². The Labute approximate surface area is 156 Å². The van der Waals surface area contributed by atoms with Gasteiger partial charge >= 0.3 is 6.09 Å². The van der Waals surface area contributed by atoms with Crippen LogP contribution in [-0.2, 0) is 17.9 Å². The largest absolute Gasteiger partial charge is 0.445 e. The lowest BCUT2D eigenvalue weighted by Crippen LogP contribution is -2.45. The van der Waals surface area contributed by atoms with Crippen LogP contribution in [-0.4, -0.2) is 29.4 Å². The maximum absolute atomic E-state index is 11.9. The van der Waals surface area contributed by atoms with Crippen LogP contribution in [0.5, 0.6) is 0 Å². The highest BCUT2D eigenvalue weighted by Gasteiger charge is 2.04. The smallest absolute Gasteiger partial charge is 0.407 e. The fourth-order valence-electron chi connectivity index (χ4n) is 2.59. The summed E-state index contributed by atoms with van der Waals surface area (Å²) in [6.45, 7) is 1.65. The number of H-pyrrole nitrogens is 1. The SMILES string of the molecule is O=C(NCCNCc1n[nH]c(=O)c2c1=CCC#CC=2)OCc1ccccc1. The van der Waals surface area contributed by atoms with Crippen molar-refractivity contribution >= 4 is 18.2 Å². The van der Waals surface area contributed by atoms with Gasteiger partial charge in [-0.05, 0) is 5.56 Å². The Bertz CT molecular complexity index is 1030. The van der Waals surface area contributed by atoms with Crippen molar-refractivity contribution in [2.75, 3.05) is 13.1 Å². The minimum absolute atomic E-state index is 0.238. The molecule has 1 amide bonds. The Balaban J connectivity index is 1.43. The van der Waals surface area contributed by atoms with Gasteiger partial charge in [0.1, 0.15) is 6.61 Å². The van der Waals surface area contributed by atoms with Crippen molar-refractivity contribution in [1.82, 2.24) is 20.8 Å². The molecule has 0 saturated heterocycles. The fraction of sp³-hybridized carbons (Fsp3) is 0.250. The molecule has 2 aromatic rings.